The lowest BCUT2D eigenvalue weighted by Gasteiger charge is -2.12. The van der Waals surface area contributed by atoms with Crippen molar-refractivity contribution in [1.82, 2.24) is 15.1 Å². The molecule has 0 aliphatic carbocycles. The van der Waals surface area contributed by atoms with Crippen molar-refractivity contribution in [1.29, 1.82) is 0 Å². The number of halogens is 3. The van der Waals surface area contributed by atoms with E-state index in [9.17, 15) is 22.8 Å². The van der Waals surface area contributed by atoms with Crippen LogP contribution < -0.4 is 5.32 Å². The highest BCUT2D eigenvalue weighted by Gasteiger charge is 2.40. The van der Waals surface area contributed by atoms with Crippen molar-refractivity contribution in [3.8, 4) is 5.69 Å². The Kier molecular flexibility index (Phi) is 5.68. The van der Waals surface area contributed by atoms with Crippen LogP contribution in [0.3, 0.4) is 0 Å². The number of carboxylic acids is 1. The van der Waals surface area contributed by atoms with E-state index in [1.54, 1.807) is 0 Å². The smallest absolute Gasteiger partial charge is 0.434 e. The van der Waals surface area contributed by atoms with Gasteiger partial charge in [-0.3, -0.25) is 4.79 Å². The first-order valence-electron chi connectivity index (χ1n) is 8.66. The molecule has 1 aliphatic rings. The van der Waals surface area contributed by atoms with E-state index in [4.69, 9.17) is 9.84 Å². The second-order valence-corrected chi connectivity index (χ2v) is 6.35. The fourth-order valence-electron chi connectivity index (χ4n) is 3.05. The number of hydrogen-bond donors (Lipinski definition) is 2. The van der Waals surface area contributed by atoms with Crippen LogP contribution in [-0.4, -0.2) is 46.0 Å². The van der Waals surface area contributed by atoms with Gasteiger partial charge in [-0.25, -0.2) is 9.48 Å². The maximum atomic E-state index is 13.3. The van der Waals surface area contributed by atoms with Crippen molar-refractivity contribution in [2.24, 2.45) is 0 Å². The number of aromatic carboxylic acids is 1. The molecule has 1 fully saturated rings. The molecule has 10 heteroatoms. The molecule has 1 amide bonds. The average Bonchev–Trinajstić information content (AvgIpc) is 3.31. The first kappa shape index (κ1) is 19.9. The fraction of sp³-hybridized carbons (Fsp3) is 0.389. The zero-order valence-corrected chi connectivity index (χ0v) is 14.7. The fourth-order valence-corrected chi connectivity index (χ4v) is 3.05. The third kappa shape index (κ3) is 4.33. The van der Waals surface area contributed by atoms with Gasteiger partial charge in [0, 0.05) is 18.7 Å². The van der Waals surface area contributed by atoms with Crippen molar-refractivity contribution in [3.63, 3.8) is 0 Å². The normalized spacial score (nSPS) is 16.9. The maximum absolute atomic E-state index is 13.3. The van der Waals surface area contributed by atoms with Crippen LogP contribution >= 0.6 is 0 Å². The van der Waals surface area contributed by atoms with Gasteiger partial charge >= 0.3 is 12.1 Å². The number of benzene rings is 1. The zero-order valence-electron chi connectivity index (χ0n) is 14.7. The largest absolute Gasteiger partial charge is 0.478 e. The van der Waals surface area contributed by atoms with Gasteiger partial charge < -0.3 is 15.2 Å². The molecule has 1 aromatic carbocycles. The average molecular weight is 397 g/mol. The van der Waals surface area contributed by atoms with Gasteiger partial charge in [0.2, 0.25) is 0 Å². The first-order chi connectivity index (χ1) is 13.3. The molecule has 2 N–H and O–H groups in total. The molecule has 3 rings (SSSR count). The summed E-state index contributed by atoms with van der Waals surface area (Å²) in [5.41, 5.74) is -2.05. The van der Waals surface area contributed by atoms with Gasteiger partial charge in [0.15, 0.2) is 5.69 Å². The van der Waals surface area contributed by atoms with Gasteiger partial charge in [-0.15, -0.1) is 0 Å². The SMILES string of the molecule is O=C(NCC[C@@H]1CCCO1)c1ccc(-n2ncc(C(=O)O)c2C(F)(F)F)cc1. The highest BCUT2D eigenvalue weighted by Crippen LogP contribution is 2.33. The number of rotatable bonds is 6. The Morgan fingerprint density at radius 2 is 2.00 bits per heavy atom. The van der Waals surface area contributed by atoms with E-state index in [1.165, 1.54) is 24.3 Å². The summed E-state index contributed by atoms with van der Waals surface area (Å²) in [4.78, 5) is 23.2. The van der Waals surface area contributed by atoms with Gasteiger partial charge in [-0.1, -0.05) is 0 Å². The Morgan fingerprint density at radius 3 is 2.57 bits per heavy atom. The summed E-state index contributed by atoms with van der Waals surface area (Å²) in [5, 5.41) is 15.2. The van der Waals surface area contributed by atoms with Crippen LogP contribution in [-0.2, 0) is 10.9 Å². The number of carbonyl (C=O) groups excluding carboxylic acids is 1. The molecule has 0 spiro atoms. The van der Waals surface area contributed by atoms with E-state index in [0.29, 0.717) is 23.8 Å². The molecule has 1 saturated heterocycles. The molecule has 0 saturated carbocycles. The van der Waals surface area contributed by atoms with Gasteiger partial charge in [0.25, 0.3) is 5.91 Å². The quantitative estimate of drug-likeness (QED) is 0.782. The number of ether oxygens (including phenoxy) is 1. The molecule has 150 valence electrons. The van der Waals surface area contributed by atoms with Crippen LogP contribution in [0.5, 0.6) is 0 Å². The standard InChI is InChI=1S/C18H18F3N3O4/c19-18(20,21)15-14(17(26)27)10-23-24(15)12-5-3-11(4-6-12)16(25)22-8-7-13-2-1-9-28-13/h3-6,10,13H,1-2,7-9H2,(H,22,25)(H,26,27)/t13-/m0/s1. The summed E-state index contributed by atoms with van der Waals surface area (Å²) in [6.07, 6.45) is -1.43. The van der Waals surface area contributed by atoms with Crippen molar-refractivity contribution in [2.75, 3.05) is 13.2 Å². The number of carboxylic acid groups (broad SMARTS) is 1. The van der Waals surface area contributed by atoms with E-state index in [-0.39, 0.29) is 23.3 Å². The molecule has 1 aromatic heterocycles. The number of alkyl halides is 3. The van der Waals surface area contributed by atoms with E-state index < -0.39 is 23.4 Å². The van der Waals surface area contributed by atoms with Crippen LogP contribution in [0.4, 0.5) is 13.2 Å². The van der Waals surface area contributed by atoms with Crippen LogP contribution in [0, 0.1) is 0 Å². The highest BCUT2D eigenvalue weighted by atomic mass is 19.4. The second-order valence-electron chi connectivity index (χ2n) is 6.35. The summed E-state index contributed by atoms with van der Waals surface area (Å²) in [7, 11) is 0. The number of hydrogen-bond acceptors (Lipinski definition) is 4. The van der Waals surface area contributed by atoms with Crippen molar-refractivity contribution in [2.45, 2.75) is 31.5 Å². The van der Waals surface area contributed by atoms with Gasteiger partial charge in [0.1, 0.15) is 5.56 Å². The third-order valence-electron chi connectivity index (χ3n) is 4.42. The van der Waals surface area contributed by atoms with E-state index in [0.717, 1.165) is 19.4 Å². The molecule has 0 bridgehead atoms. The number of nitrogens with zero attached hydrogens (tertiary/aromatic N) is 2. The Bertz CT molecular complexity index is 856. The predicted molar refractivity (Wildman–Crippen MR) is 91.4 cm³/mol. The molecule has 7 nitrogen and oxygen atoms in total. The van der Waals surface area contributed by atoms with E-state index in [1.807, 2.05) is 0 Å². The third-order valence-corrected chi connectivity index (χ3v) is 4.42. The lowest BCUT2D eigenvalue weighted by molar-refractivity contribution is -0.143. The van der Waals surface area contributed by atoms with Crippen LogP contribution in [0.1, 0.15) is 45.7 Å². The Labute approximate surface area is 158 Å². The molecule has 1 aliphatic heterocycles. The lowest BCUT2D eigenvalue weighted by Crippen LogP contribution is -2.27. The van der Waals surface area contributed by atoms with Gasteiger partial charge in [-0.05, 0) is 43.5 Å². The van der Waals surface area contributed by atoms with Crippen LogP contribution in [0.2, 0.25) is 0 Å². The van der Waals surface area contributed by atoms with Crippen LogP contribution in [0.15, 0.2) is 30.5 Å². The predicted octanol–water partition coefficient (Wildman–Crippen LogP) is 2.89. The van der Waals surface area contributed by atoms with Gasteiger partial charge in [-0.2, -0.15) is 18.3 Å². The number of aromatic nitrogens is 2. The monoisotopic (exact) mass is 397 g/mol. The summed E-state index contributed by atoms with van der Waals surface area (Å²) in [6.45, 7) is 1.17. The highest BCUT2D eigenvalue weighted by molar-refractivity contribution is 5.94. The molecule has 2 aromatic rings. The topological polar surface area (TPSA) is 93.5 Å². The molecule has 1 atom stereocenters. The second kappa shape index (κ2) is 8.01. The number of carbonyl (C=O) groups is 2. The summed E-state index contributed by atoms with van der Waals surface area (Å²) in [6, 6.07) is 5.28. The maximum Gasteiger partial charge on any atom is 0.434 e. The summed E-state index contributed by atoms with van der Waals surface area (Å²) >= 11 is 0. The Balaban J connectivity index is 1.72. The minimum atomic E-state index is -4.90. The zero-order chi connectivity index (χ0) is 20.3. The van der Waals surface area contributed by atoms with Crippen LogP contribution in [0.25, 0.3) is 5.69 Å². The summed E-state index contributed by atoms with van der Waals surface area (Å²) in [5.74, 6) is -2.08. The van der Waals surface area contributed by atoms with E-state index >= 15 is 0 Å². The molecular formula is C18H18F3N3O4. The Morgan fingerprint density at radius 1 is 1.29 bits per heavy atom. The lowest BCUT2D eigenvalue weighted by atomic mass is 10.1. The first-order valence-corrected chi connectivity index (χ1v) is 8.66. The molecule has 2 heterocycles. The molecule has 0 radical (unpaired) electrons. The minimum Gasteiger partial charge on any atom is -0.478 e. The molecule has 0 unspecified atom stereocenters. The number of nitrogens with one attached hydrogen (secondary N) is 1. The molecular weight excluding hydrogens is 379 g/mol. The minimum absolute atomic E-state index is 0.00395. The van der Waals surface area contributed by atoms with Gasteiger partial charge in [0.05, 0.1) is 18.0 Å². The molecule has 28 heavy (non-hydrogen) atoms. The van der Waals surface area contributed by atoms with E-state index in [2.05, 4.69) is 10.4 Å². The number of amides is 1. The van der Waals surface area contributed by atoms with Crippen molar-refractivity contribution < 1.29 is 32.6 Å². The van der Waals surface area contributed by atoms with Crippen molar-refractivity contribution >= 4 is 11.9 Å². The Hall–Kier alpha value is -2.88. The summed E-state index contributed by atoms with van der Waals surface area (Å²) < 4.78 is 45.8. The van der Waals surface area contributed by atoms with Crippen molar-refractivity contribution in [3.05, 3.63) is 47.3 Å².